The first kappa shape index (κ1) is 15.1. The maximum absolute atomic E-state index is 11.3. The molecule has 0 aliphatic rings. The average Bonchev–Trinajstić information content (AvgIpc) is 2.99. The highest BCUT2D eigenvalue weighted by Crippen LogP contribution is 2.33. The third kappa shape index (κ3) is 2.48. The fourth-order valence-corrected chi connectivity index (χ4v) is 2.99. The Hall–Kier alpha value is -3.41. The summed E-state index contributed by atoms with van der Waals surface area (Å²) in [7, 11) is 3.98. The number of aromatic carboxylic acids is 1. The number of hydrogen-bond donors (Lipinski definition) is 2. The number of nitrogens with one attached hydrogen (secondary N) is 1. The quantitative estimate of drug-likeness (QED) is 0.599. The van der Waals surface area contributed by atoms with Crippen molar-refractivity contribution in [3.05, 3.63) is 54.4 Å². The standard InChI is InChI=1S/C19H16N4O2/c1-23(2)13-6-3-11(4-7-13)17-16-14-9-12(19(24)25)5-8-15(14)22-18(16)21-10-20-17/h3-10H,1-2H3,(H,24,25)(H,20,21,22). The molecule has 0 bridgehead atoms. The first-order valence-corrected chi connectivity index (χ1v) is 7.82. The van der Waals surface area contributed by atoms with Gasteiger partial charge in [-0.3, -0.25) is 0 Å². The zero-order valence-corrected chi connectivity index (χ0v) is 13.8. The van der Waals surface area contributed by atoms with Gasteiger partial charge in [0.25, 0.3) is 0 Å². The molecular formula is C19H16N4O2. The van der Waals surface area contributed by atoms with Gasteiger partial charge in [0.2, 0.25) is 0 Å². The van der Waals surface area contributed by atoms with Crippen LogP contribution in [-0.4, -0.2) is 40.1 Å². The van der Waals surface area contributed by atoms with Crippen LogP contribution in [0.2, 0.25) is 0 Å². The average molecular weight is 332 g/mol. The van der Waals surface area contributed by atoms with Crippen LogP contribution in [-0.2, 0) is 0 Å². The monoisotopic (exact) mass is 332 g/mol. The molecule has 0 saturated heterocycles. The van der Waals surface area contributed by atoms with E-state index in [1.807, 2.05) is 43.3 Å². The van der Waals surface area contributed by atoms with E-state index in [-0.39, 0.29) is 5.56 Å². The van der Waals surface area contributed by atoms with Gasteiger partial charge in [-0.1, -0.05) is 12.1 Å². The van der Waals surface area contributed by atoms with E-state index in [0.717, 1.165) is 33.2 Å². The van der Waals surface area contributed by atoms with E-state index < -0.39 is 5.97 Å². The molecule has 6 nitrogen and oxygen atoms in total. The van der Waals surface area contributed by atoms with Crippen LogP contribution >= 0.6 is 0 Å². The molecule has 0 atom stereocenters. The van der Waals surface area contributed by atoms with Crippen molar-refractivity contribution in [2.45, 2.75) is 0 Å². The number of fused-ring (bicyclic) bond motifs is 3. The maximum atomic E-state index is 11.3. The Labute approximate surface area is 143 Å². The Morgan fingerprint density at radius 1 is 1.08 bits per heavy atom. The van der Waals surface area contributed by atoms with Crippen molar-refractivity contribution in [3.8, 4) is 11.3 Å². The van der Waals surface area contributed by atoms with Crippen LogP contribution in [0.1, 0.15) is 10.4 Å². The molecular weight excluding hydrogens is 316 g/mol. The number of aromatic amines is 1. The molecule has 4 rings (SSSR count). The molecule has 0 saturated carbocycles. The van der Waals surface area contributed by atoms with Gasteiger partial charge in [0.1, 0.15) is 12.0 Å². The van der Waals surface area contributed by atoms with Gasteiger partial charge >= 0.3 is 5.97 Å². The SMILES string of the molecule is CN(C)c1ccc(-c2ncnc3[nH]c4ccc(C(=O)O)cc4c23)cc1. The lowest BCUT2D eigenvalue weighted by molar-refractivity contribution is 0.0697. The summed E-state index contributed by atoms with van der Waals surface area (Å²) in [6.45, 7) is 0. The van der Waals surface area contributed by atoms with Crippen molar-refractivity contribution in [2.75, 3.05) is 19.0 Å². The predicted molar refractivity (Wildman–Crippen MR) is 98.1 cm³/mol. The summed E-state index contributed by atoms with van der Waals surface area (Å²) < 4.78 is 0. The highest BCUT2D eigenvalue weighted by molar-refractivity contribution is 6.13. The van der Waals surface area contributed by atoms with E-state index >= 15 is 0 Å². The van der Waals surface area contributed by atoms with Crippen LogP contribution < -0.4 is 4.90 Å². The number of aromatic nitrogens is 3. The van der Waals surface area contributed by atoms with Gasteiger partial charge in [0.15, 0.2) is 0 Å². The Kier molecular flexibility index (Phi) is 3.39. The Morgan fingerprint density at radius 3 is 2.52 bits per heavy atom. The highest BCUT2D eigenvalue weighted by Gasteiger charge is 2.14. The molecule has 4 aromatic rings. The van der Waals surface area contributed by atoms with Crippen molar-refractivity contribution in [1.29, 1.82) is 0 Å². The minimum atomic E-state index is -0.954. The van der Waals surface area contributed by atoms with Crippen molar-refractivity contribution >= 4 is 33.6 Å². The smallest absolute Gasteiger partial charge is 0.335 e. The topological polar surface area (TPSA) is 82.1 Å². The Bertz CT molecular complexity index is 1100. The van der Waals surface area contributed by atoms with E-state index in [2.05, 4.69) is 15.0 Å². The third-order valence-corrected chi connectivity index (χ3v) is 4.29. The first-order chi connectivity index (χ1) is 12.0. The molecule has 6 heteroatoms. The minimum Gasteiger partial charge on any atom is -0.478 e. The predicted octanol–water partition coefficient (Wildman–Crippen LogP) is 3.54. The van der Waals surface area contributed by atoms with Crippen molar-refractivity contribution in [3.63, 3.8) is 0 Å². The van der Waals surface area contributed by atoms with Crippen LogP contribution in [0, 0.1) is 0 Å². The van der Waals surface area contributed by atoms with Crippen LogP contribution in [0.25, 0.3) is 33.2 Å². The summed E-state index contributed by atoms with van der Waals surface area (Å²) in [6, 6.07) is 13.1. The summed E-state index contributed by atoms with van der Waals surface area (Å²) in [6.07, 6.45) is 1.52. The maximum Gasteiger partial charge on any atom is 0.335 e. The van der Waals surface area contributed by atoms with Crippen LogP contribution in [0.4, 0.5) is 5.69 Å². The summed E-state index contributed by atoms with van der Waals surface area (Å²) in [5.41, 5.74) is 4.61. The molecule has 0 aliphatic heterocycles. The number of carboxylic acids is 1. The third-order valence-electron chi connectivity index (χ3n) is 4.29. The van der Waals surface area contributed by atoms with Crippen molar-refractivity contribution < 1.29 is 9.90 Å². The molecule has 0 aliphatic carbocycles. The number of H-pyrrole nitrogens is 1. The molecule has 2 N–H and O–H groups in total. The zero-order chi connectivity index (χ0) is 17.6. The second kappa shape index (κ2) is 5.59. The van der Waals surface area contributed by atoms with E-state index in [9.17, 15) is 9.90 Å². The largest absolute Gasteiger partial charge is 0.478 e. The molecule has 2 aromatic heterocycles. The second-order valence-electron chi connectivity index (χ2n) is 6.08. The van der Waals surface area contributed by atoms with Gasteiger partial charge in [0, 0.05) is 36.2 Å². The van der Waals surface area contributed by atoms with Gasteiger partial charge in [-0.15, -0.1) is 0 Å². The molecule has 25 heavy (non-hydrogen) atoms. The van der Waals surface area contributed by atoms with Crippen LogP contribution in [0.3, 0.4) is 0 Å². The molecule has 124 valence electrons. The van der Waals surface area contributed by atoms with Gasteiger partial charge in [-0.25, -0.2) is 14.8 Å². The summed E-state index contributed by atoms with van der Waals surface area (Å²) in [5.74, 6) is -0.954. The van der Waals surface area contributed by atoms with Crippen LogP contribution in [0.5, 0.6) is 0 Å². The lowest BCUT2D eigenvalue weighted by atomic mass is 10.0. The number of benzene rings is 2. The second-order valence-corrected chi connectivity index (χ2v) is 6.08. The zero-order valence-electron chi connectivity index (χ0n) is 13.8. The molecule has 0 radical (unpaired) electrons. The summed E-state index contributed by atoms with van der Waals surface area (Å²) in [4.78, 5) is 25.3. The molecule has 0 spiro atoms. The number of hydrogen-bond acceptors (Lipinski definition) is 4. The van der Waals surface area contributed by atoms with E-state index in [1.165, 1.54) is 6.33 Å². The minimum absolute atomic E-state index is 0.242. The fourth-order valence-electron chi connectivity index (χ4n) is 2.99. The summed E-state index contributed by atoms with van der Waals surface area (Å²) in [5, 5.41) is 10.9. The van der Waals surface area contributed by atoms with Crippen molar-refractivity contribution in [1.82, 2.24) is 15.0 Å². The van der Waals surface area contributed by atoms with E-state index in [1.54, 1.807) is 18.2 Å². The van der Waals surface area contributed by atoms with Gasteiger partial charge in [-0.2, -0.15) is 0 Å². The van der Waals surface area contributed by atoms with Crippen LogP contribution in [0.15, 0.2) is 48.8 Å². The fraction of sp³-hybridized carbons (Fsp3) is 0.105. The first-order valence-electron chi connectivity index (χ1n) is 7.82. The van der Waals surface area contributed by atoms with Gasteiger partial charge < -0.3 is 15.0 Å². The highest BCUT2D eigenvalue weighted by atomic mass is 16.4. The number of carboxylic acid groups (broad SMARTS) is 1. The van der Waals surface area contributed by atoms with Crippen molar-refractivity contribution in [2.24, 2.45) is 0 Å². The number of nitrogens with zero attached hydrogens (tertiary/aromatic N) is 3. The molecule has 2 heterocycles. The Morgan fingerprint density at radius 2 is 1.84 bits per heavy atom. The molecule has 2 aromatic carbocycles. The van der Waals surface area contributed by atoms with Gasteiger partial charge in [-0.05, 0) is 30.3 Å². The number of anilines is 1. The molecule has 0 amide bonds. The molecule has 0 unspecified atom stereocenters. The van der Waals surface area contributed by atoms with E-state index in [0.29, 0.717) is 5.65 Å². The number of carbonyl (C=O) groups is 1. The summed E-state index contributed by atoms with van der Waals surface area (Å²) >= 11 is 0. The number of rotatable bonds is 3. The normalized spacial score (nSPS) is 11.1. The van der Waals surface area contributed by atoms with Gasteiger partial charge in [0.05, 0.1) is 16.6 Å². The Balaban J connectivity index is 1.98. The lowest BCUT2D eigenvalue weighted by Gasteiger charge is -2.12. The van der Waals surface area contributed by atoms with E-state index in [4.69, 9.17) is 0 Å². The lowest BCUT2D eigenvalue weighted by Crippen LogP contribution is -2.07. The molecule has 0 fully saturated rings.